The molecule has 0 bridgehead atoms. The SMILES string of the molecule is CCCCCC(=O)N(CC)CCC(N)=NO. The second-order valence-corrected chi connectivity index (χ2v) is 3.77. The van der Waals surface area contributed by atoms with Gasteiger partial charge in [-0.2, -0.15) is 0 Å². The average molecular weight is 229 g/mol. The Hall–Kier alpha value is -1.26. The summed E-state index contributed by atoms with van der Waals surface area (Å²) in [5.41, 5.74) is 5.36. The zero-order valence-corrected chi connectivity index (χ0v) is 10.3. The first-order chi connectivity index (χ1) is 7.65. The van der Waals surface area contributed by atoms with Crippen LogP contribution in [0.3, 0.4) is 0 Å². The number of nitrogens with zero attached hydrogens (tertiary/aromatic N) is 2. The molecular weight excluding hydrogens is 206 g/mol. The Labute approximate surface area is 97.3 Å². The summed E-state index contributed by atoms with van der Waals surface area (Å²) in [5.74, 6) is 0.321. The van der Waals surface area contributed by atoms with Gasteiger partial charge in [0, 0.05) is 25.9 Å². The van der Waals surface area contributed by atoms with Crippen LogP contribution in [0.1, 0.15) is 46.0 Å². The third kappa shape index (κ3) is 6.27. The minimum Gasteiger partial charge on any atom is -0.409 e. The Balaban J connectivity index is 3.92. The van der Waals surface area contributed by atoms with Crippen LogP contribution in [0.25, 0.3) is 0 Å². The van der Waals surface area contributed by atoms with Gasteiger partial charge in [-0.15, -0.1) is 0 Å². The second kappa shape index (κ2) is 9.00. The number of nitrogens with two attached hydrogens (primary N) is 1. The summed E-state index contributed by atoms with van der Waals surface area (Å²) in [6.07, 6.45) is 4.16. The molecule has 0 spiro atoms. The van der Waals surface area contributed by atoms with Crippen molar-refractivity contribution in [3.05, 3.63) is 0 Å². The molecule has 0 aromatic rings. The Morgan fingerprint density at radius 2 is 2.00 bits per heavy atom. The van der Waals surface area contributed by atoms with E-state index in [1.54, 1.807) is 4.90 Å². The molecule has 0 aromatic heterocycles. The molecule has 5 nitrogen and oxygen atoms in total. The lowest BCUT2D eigenvalue weighted by Crippen LogP contribution is -2.33. The van der Waals surface area contributed by atoms with E-state index >= 15 is 0 Å². The van der Waals surface area contributed by atoms with Crippen molar-refractivity contribution in [2.75, 3.05) is 13.1 Å². The lowest BCUT2D eigenvalue weighted by Gasteiger charge is -2.20. The van der Waals surface area contributed by atoms with Crippen LogP contribution in [-0.2, 0) is 4.79 Å². The monoisotopic (exact) mass is 229 g/mol. The van der Waals surface area contributed by atoms with Gasteiger partial charge in [0.1, 0.15) is 5.84 Å². The number of carbonyl (C=O) groups excluding carboxylic acids is 1. The largest absolute Gasteiger partial charge is 0.409 e. The first-order valence-corrected chi connectivity index (χ1v) is 5.89. The van der Waals surface area contributed by atoms with E-state index in [0.29, 0.717) is 25.9 Å². The fraction of sp³-hybridized carbons (Fsp3) is 0.818. The van der Waals surface area contributed by atoms with E-state index < -0.39 is 0 Å². The van der Waals surface area contributed by atoms with Crippen LogP contribution < -0.4 is 5.73 Å². The molecule has 1 amide bonds. The van der Waals surface area contributed by atoms with Gasteiger partial charge < -0.3 is 15.8 Å². The summed E-state index contributed by atoms with van der Waals surface area (Å²) < 4.78 is 0. The topological polar surface area (TPSA) is 78.9 Å². The Kier molecular flexibility index (Phi) is 8.29. The minimum absolute atomic E-state index is 0.154. The lowest BCUT2D eigenvalue weighted by atomic mass is 10.2. The highest BCUT2D eigenvalue weighted by Gasteiger charge is 2.11. The number of rotatable bonds is 8. The predicted octanol–water partition coefficient (Wildman–Crippen LogP) is 1.55. The first-order valence-electron chi connectivity index (χ1n) is 5.89. The molecule has 0 unspecified atom stereocenters. The molecule has 0 atom stereocenters. The fourth-order valence-corrected chi connectivity index (χ4v) is 1.44. The van der Waals surface area contributed by atoms with Gasteiger partial charge in [-0.05, 0) is 13.3 Å². The molecule has 0 aliphatic rings. The van der Waals surface area contributed by atoms with Crippen LogP contribution in [-0.4, -0.2) is 34.9 Å². The summed E-state index contributed by atoms with van der Waals surface area (Å²) in [5, 5.41) is 11.3. The van der Waals surface area contributed by atoms with Gasteiger partial charge in [-0.3, -0.25) is 4.79 Å². The second-order valence-electron chi connectivity index (χ2n) is 3.77. The molecule has 16 heavy (non-hydrogen) atoms. The molecule has 0 saturated heterocycles. The highest BCUT2D eigenvalue weighted by Crippen LogP contribution is 2.03. The van der Waals surface area contributed by atoms with Crippen LogP contribution in [0.5, 0.6) is 0 Å². The zero-order chi connectivity index (χ0) is 12.4. The van der Waals surface area contributed by atoms with Gasteiger partial charge in [0.2, 0.25) is 5.91 Å². The van der Waals surface area contributed by atoms with Gasteiger partial charge in [-0.25, -0.2) is 0 Å². The predicted molar refractivity (Wildman–Crippen MR) is 64.4 cm³/mol. The Bertz CT molecular complexity index is 229. The lowest BCUT2D eigenvalue weighted by molar-refractivity contribution is -0.131. The summed E-state index contributed by atoms with van der Waals surface area (Å²) in [6.45, 7) is 5.24. The van der Waals surface area contributed by atoms with E-state index in [1.807, 2.05) is 6.92 Å². The molecule has 0 rings (SSSR count). The zero-order valence-electron chi connectivity index (χ0n) is 10.3. The van der Waals surface area contributed by atoms with Crippen molar-refractivity contribution < 1.29 is 10.0 Å². The molecule has 5 heteroatoms. The molecule has 3 N–H and O–H groups in total. The van der Waals surface area contributed by atoms with Crippen molar-refractivity contribution in [2.45, 2.75) is 46.0 Å². The molecule has 0 aromatic carbocycles. The number of amides is 1. The third-order valence-corrected chi connectivity index (χ3v) is 2.49. The number of hydrogen-bond donors (Lipinski definition) is 2. The number of oxime groups is 1. The van der Waals surface area contributed by atoms with Crippen LogP contribution >= 0.6 is 0 Å². The van der Waals surface area contributed by atoms with Crippen LogP contribution in [0.4, 0.5) is 0 Å². The van der Waals surface area contributed by atoms with Crippen LogP contribution in [0.15, 0.2) is 5.16 Å². The fourth-order valence-electron chi connectivity index (χ4n) is 1.44. The maximum Gasteiger partial charge on any atom is 0.222 e. The van der Waals surface area contributed by atoms with Crippen molar-refractivity contribution in [1.82, 2.24) is 4.90 Å². The van der Waals surface area contributed by atoms with E-state index in [-0.39, 0.29) is 11.7 Å². The van der Waals surface area contributed by atoms with Gasteiger partial charge in [0.05, 0.1) is 0 Å². The van der Waals surface area contributed by atoms with Crippen LogP contribution in [0, 0.1) is 0 Å². The van der Waals surface area contributed by atoms with Gasteiger partial charge in [-0.1, -0.05) is 24.9 Å². The van der Waals surface area contributed by atoms with Crippen molar-refractivity contribution in [2.24, 2.45) is 10.9 Å². The molecule has 0 fully saturated rings. The van der Waals surface area contributed by atoms with Gasteiger partial charge >= 0.3 is 0 Å². The van der Waals surface area contributed by atoms with E-state index in [1.165, 1.54) is 0 Å². The maximum atomic E-state index is 11.7. The molecular formula is C11H23N3O2. The molecule has 0 saturated carbocycles. The van der Waals surface area contributed by atoms with Gasteiger partial charge in [0.15, 0.2) is 0 Å². The number of carbonyl (C=O) groups is 1. The highest BCUT2D eigenvalue weighted by molar-refractivity contribution is 5.81. The quantitative estimate of drug-likeness (QED) is 0.218. The summed E-state index contributed by atoms with van der Waals surface area (Å²) >= 11 is 0. The Morgan fingerprint density at radius 1 is 1.31 bits per heavy atom. The number of amidine groups is 1. The van der Waals surface area contributed by atoms with E-state index in [0.717, 1.165) is 19.3 Å². The summed E-state index contributed by atoms with van der Waals surface area (Å²) in [4.78, 5) is 13.5. The molecule has 0 radical (unpaired) electrons. The van der Waals surface area contributed by atoms with Crippen molar-refractivity contribution >= 4 is 11.7 Å². The van der Waals surface area contributed by atoms with E-state index in [4.69, 9.17) is 10.9 Å². The first kappa shape index (κ1) is 14.7. The molecule has 94 valence electrons. The molecule has 0 aliphatic carbocycles. The molecule has 0 aliphatic heterocycles. The number of hydrogen-bond acceptors (Lipinski definition) is 3. The van der Waals surface area contributed by atoms with Crippen LogP contribution in [0.2, 0.25) is 0 Å². The highest BCUT2D eigenvalue weighted by atomic mass is 16.4. The third-order valence-electron chi connectivity index (χ3n) is 2.49. The summed E-state index contributed by atoms with van der Waals surface area (Å²) in [6, 6.07) is 0. The van der Waals surface area contributed by atoms with E-state index in [9.17, 15) is 4.79 Å². The standard InChI is InChI=1S/C11H23N3O2/c1-3-5-6-7-11(15)14(4-2)9-8-10(12)13-16/h16H,3-9H2,1-2H3,(H2,12,13). The van der Waals surface area contributed by atoms with E-state index in [2.05, 4.69) is 12.1 Å². The smallest absolute Gasteiger partial charge is 0.222 e. The summed E-state index contributed by atoms with van der Waals surface area (Å²) in [7, 11) is 0. The van der Waals surface area contributed by atoms with Crippen molar-refractivity contribution in [1.29, 1.82) is 0 Å². The Morgan fingerprint density at radius 3 is 2.50 bits per heavy atom. The number of unbranched alkanes of at least 4 members (excludes halogenated alkanes) is 2. The molecule has 0 heterocycles. The maximum absolute atomic E-state index is 11.7. The minimum atomic E-state index is 0.154. The van der Waals surface area contributed by atoms with Gasteiger partial charge in [0.25, 0.3) is 0 Å². The average Bonchev–Trinajstić information content (AvgIpc) is 2.29. The normalized spacial score (nSPS) is 11.5. The van der Waals surface area contributed by atoms with Crippen molar-refractivity contribution in [3.8, 4) is 0 Å². The van der Waals surface area contributed by atoms with Crippen molar-refractivity contribution in [3.63, 3.8) is 0 Å².